The Labute approximate surface area is 68.2 Å². The molecule has 0 bridgehead atoms. The van der Waals surface area contributed by atoms with E-state index < -0.39 is 0 Å². The summed E-state index contributed by atoms with van der Waals surface area (Å²) in [5, 5.41) is 11.4. The number of hydrogen-bond donors (Lipinski definition) is 1. The zero-order valence-corrected chi connectivity index (χ0v) is 7.09. The molecule has 0 aromatic carbocycles. The highest BCUT2D eigenvalue weighted by Crippen LogP contribution is 1.90. The molecule has 0 radical (unpaired) electrons. The molecule has 0 aromatic rings. The van der Waals surface area contributed by atoms with Crippen LogP contribution in [0, 0.1) is 11.3 Å². The zero-order valence-electron chi connectivity index (χ0n) is 7.09. The topological polar surface area (TPSA) is 35.8 Å². The van der Waals surface area contributed by atoms with Gasteiger partial charge < -0.3 is 5.32 Å². The first-order valence-electron chi connectivity index (χ1n) is 3.75. The van der Waals surface area contributed by atoms with Gasteiger partial charge in [0.2, 0.25) is 0 Å². The summed E-state index contributed by atoms with van der Waals surface area (Å²) in [5.41, 5.74) is 1.07. The monoisotopic (exact) mass is 150 g/mol. The van der Waals surface area contributed by atoms with E-state index in [1.807, 2.05) is 32.1 Å². The molecule has 0 aliphatic rings. The van der Waals surface area contributed by atoms with Gasteiger partial charge in [0.05, 0.1) is 12.5 Å². The van der Waals surface area contributed by atoms with Gasteiger partial charge in [-0.05, 0) is 19.9 Å². The smallest absolute Gasteiger partial charge is 0.0640 e. The molecule has 2 heteroatoms. The first-order valence-corrected chi connectivity index (χ1v) is 3.75. The molecule has 0 unspecified atom stereocenters. The largest absolute Gasteiger partial charge is 0.384 e. The molecular weight excluding hydrogens is 136 g/mol. The second-order valence-electron chi connectivity index (χ2n) is 2.08. The quantitative estimate of drug-likeness (QED) is 0.491. The van der Waals surface area contributed by atoms with Gasteiger partial charge in [0.15, 0.2) is 0 Å². The van der Waals surface area contributed by atoms with Crippen molar-refractivity contribution in [2.24, 2.45) is 0 Å². The van der Waals surface area contributed by atoms with Crippen LogP contribution in [0.5, 0.6) is 0 Å². The Kier molecular flexibility index (Phi) is 6.11. The van der Waals surface area contributed by atoms with Gasteiger partial charge in [0, 0.05) is 12.2 Å². The van der Waals surface area contributed by atoms with E-state index in [0.29, 0.717) is 6.42 Å². The van der Waals surface area contributed by atoms with Gasteiger partial charge in [-0.2, -0.15) is 5.26 Å². The molecule has 0 amide bonds. The van der Waals surface area contributed by atoms with Gasteiger partial charge in [0.25, 0.3) is 0 Å². The second-order valence-corrected chi connectivity index (χ2v) is 2.08. The summed E-state index contributed by atoms with van der Waals surface area (Å²) in [5.74, 6) is 0. The van der Waals surface area contributed by atoms with Gasteiger partial charge in [-0.15, -0.1) is 0 Å². The third-order valence-corrected chi connectivity index (χ3v) is 1.22. The first kappa shape index (κ1) is 9.77. The van der Waals surface area contributed by atoms with E-state index in [2.05, 4.69) is 11.4 Å². The van der Waals surface area contributed by atoms with Crippen molar-refractivity contribution in [2.45, 2.75) is 20.3 Å². The lowest BCUT2D eigenvalue weighted by Crippen LogP contribution is -2.12. The molecule has 0 aromatic heterocycles. The van der Waals surface area contributed by atoms with E-state index in [1.165, 1.54) is 0 Å². The van der Waals surface area contributed by atoms with Crippen LogP contribution >= 0.6 is 0 Å². The molecule has 0 spiro atoms. The van der Waals surface area contributed by atoms with E-state index >= 15 is 0 Å². The molecule has 1 N–H and O–H groups in total. The third kappa shape index (κ3) is 5.23. The Morgan fingerprint density at radius 2 is 2.27 bits per heavy atom. The Morgan fingerprint density at radius 1 is 1.55 bits per heavy atom. The van der Waals surface area contributed by atoms with Crippen molar-refractivity contribution >= 4 is 0 Å². The summed E-state index contributed by atoms with van der Waals surface area (Å²) in [6, 6.07) is 2.08. The van der Waals surface area contributed by atoms with E-state index in [0.717, 1.165) is 12.2 Å². The van der Waals surface area contributed by atoms with Gasteiger partial charge in [-0.3, -0.25) is 0 Å². The number of nitrogens with zero attached hydrogens (tertiary/aromatic N) is 1. The van der Waals surface area contributed by atoms with E-state index in [-0.39, 0.29) is 0 Å². The second kappa shape index (κ2) is 6.88. The minimum atomic E-state index is 0.550. The van der Waals surface area contributed by atoms with Gasteiger partial charge in [0.1, 0.15) is 0 Å². The summed E-state index contributed by atoms with van der Waals surface area (Å²) in [6.07, 6.45) is 6.48. The van der Waals surface area contributed by atoms with E-state index in [9.17, 15) is 0 Å². The highest BCUT2D eigenvalue weighted by atomic mass is 14.9. The molecule has 2 nitrogen and oxygen atoms in total. The van der Waals surface area contributed by atoms with Crippen LogP contribution in [0.4, 0.5) is 0 Å². The SMILES string of the molecule is C/C=C\C(=C/C)NCCC#N. The van der Waals surface area contributed by atoms with Crippen molar-refractivity contribution in [1.29, 1.82) is 5.26 Å². The van der Waals surface area contributed by atoms with Crippen LogP contribution in [0.2, 0.25) is 0 Å². The molecule has 0 heterocycles. The minimum Gasteiger partial charge on any atom is -0.384 e. The van der Waals surface area contributed by atoms with Crippen LogP contribution in [-0.4, -0.2) is 6.54 Å². The predicted molar refractivity (Wildman–Crippen MR) is 46.8 cm³/mol. The molecule has 0 aliphatic heterocycles. The highest BCUT2D eigenvalue weighted by molar-refractivity contribution is 5.14. The molecule has 0 rings (SSSR count). The van der Waals surface area contributed by atoms with Crippen molar-refractivity contribution in [3.8, 4) is 6.07 Å². The Hall–Kier alpha value is -1.23. The molecule has 0 saturated carbocycles. The van der Waals surface area contributed by atoms with Crippen LogP contribution in [0.1, 0.15) is 20.3 Å². The number of nitrogens with one attached hydrogen (secondary N) is 1. The average molecular weight is 150 g/mol. The molecule has 0 atom stereocenters. The van der Waals surface area contributed by atoms with E-state index in [4.69, 9.17) is 5.26 Å². The molecule has 0 fully saturated rings. The van der Waals surface area contributed by atoms with Crippen LogP contribution in [0.3, 0.4) is 0 Å². The molecular formula is C9H14N2. The van der Waals surface area contributed by atoms with Gasteiger partial charge >= 0.3 is 0 Å². The van der Waals surface area contributed by atoms with Crippen LogP contribution in [0.25, 0.3) is 0 Å². The van der Waals surface area contributed by atoms with E-state index in [1.54, 1.807) is 0 Å². The van der Waals surface area contributed by atoms with Crippen LogP contribution in [0.15, 0.2) is 23.9 Å². The fourth-order valence-electron chi connectivity index (χ4n) is 0.700. The Balaban J connectivity index is 3.65. The molecule has 60 valence electrons. The number of rotatable bonds is 4. The fraction of sp³-hybridized carbons (Fsp3) is 0.444. The Morgan fingerprint density at radius 3 is 2.73 bits per heavy atom. The summed E-state index contributed by atoms with van der Waals surface area (Å²) in [4.78, 5) is 0. The zero-order chi connectivity index (χ0) is 8.53. The van der Waals surface area contributed by atoms with Crippen LogP contribution < -0.4 is 5.32 Å². The molecule has 0 aliphatic carbocycles. The Bertz CT molecular complexity index is 184. The number of allylic oxidation sites excluding steroid dienone is 3. The van der Waals surface area contributed by atoms with Gasteiger partial charge in [-0.25, -0.2) is 0 Å². The minimum absolute atomic E-state index is 0.550. The lowest BCUT2D eigenvalue weighted by molar-refractivity contribution is 0.825. The lowest BCUT2D eigenvalue weighted by atomic mass is 10.3. The highest BCUT2D eigenvalue weighted by Gasteiger charge is 1.86. The number of hydrogen-bond acceptors (Lipinski definition) is 2. The normalized spacial score (nSPS) is 11.5. The maximum Gasteiger partial charge on any atom is 0.0640 e. The first-order chi connectivity index (χ1) is 5.35. The van der Waals surface area contributed by atoms with Crippen molar-refractivity contribution in [2.75, 3.05) is 6.54 Å². The van der Waals surface area contributed by atoms with Crippen LogP contribution in [-0.2, 0) is 0 Å². The predicted octanol–water partition coefficient (Wildman–Crippen LogP) is 1.97. The maximum atomic E-state index is 8.25. The summed E-state index contributed by atoms with van der Waals surface area (Å²) < 4.78 is 0. The summed E-state index contributed by atoms with van der Waals surface area (Å²) in [6.45, 7) is 4.66. The molecule has 11 heavy (non-hydrogen) atoms. The molecule has 0 saturated heterocycles. The summed E-state index contributed by atoms with van der Waals surface area (Å²) in [7, 11) is 0. The third-order valence-electron chi connectivity index (χ3n) is 1.22. The van der Waals surface area contributed by atoms with Crippen molar-refractivity contribution in [3.63, 3.8) is 0 Å². The average Bonchev–Trinajstić information content (AvgIpc) is 2.03. The van der Waals surface area contributed by atoms with Crippen molar-refractivity contribution in [3.05, 3.63) is 23.9 Å². The summed E-state index contributed by atoms with van der Waals surface area (Å²) >= 11 is 0. The van der Waals surface area contributed by atoms with Gasteiger partial charge in [-0.1, -0.05) is 12.2 Å². The van der Waals surface area contributed by atoms with Crippen molar-refractivity contribution in [1.82, 2.24) is 5.32 Å². The van der Waals surface area contributed by atoms with Crippen molar-refractivity contribution < 1.29 is 0 Å². The number of nitriles is 1. The fourth-order valence-corrected chi connectivity index (χ4v) is 0.700. The standard InChI is InChI=1S/C9H14N2/c1-3-6-9(4-2)11-8-5-7-10/h3-4,6,11H,5,8H2,1-2H3/b6-3-,9-4+. The maximum absolute atomic E-state index is 8.25. The lowest BCUT2D eigenvalue weighted by Gasteiger charge is -2.02.